The van der Waals surface area contributed by atoms with Gasteiger partial charge in [0.2, 0.25) is 5.91 Å². The lowest BCUT2D eigenvalue weighted by molar-refractivity contribution is -0.131. The van der Waals surface area contributed by atoms with Crippen molar-refractivity contribution in [3.63, 3.8) is 0 Å². The normalized spacial score (nSPS) is 15.2. The van der Waals surface area contributed by atoms with E-state index in [-0.39, 0.29) is 5.91 Å². The van der Waals surface area contributed by atoms with E-state index < -0.39 is 0 Å². The van der Waals surface area contributed by atoms with Crippen molar-refractivity contribution in [3.8, 4) is 0 Å². The van der Waals surface area contributed by atoms with Gasteiger partial charge in [-0.3, -0.25) is 9.78 Å². The number of furan rings is 1. The Balaban J connectivity index is 1.36. The summed E-state index contributed by atoms with van der Waals surface area (Å²) in [6.45, 7) is 2.91. The van der Waals surface area contributed by atoms with E-state index in [1.165, 1.54) is 6.33 Å². The summed E-state index contributed by atoms with van der Waals surface area (Å²) in [7, 11) is 0. The van der Waals surface area contributed by atoms with Crippen LogP contribution in [0.2, 0.25) is 0 Å². The molecule has 0 atom stereocenters. The van der Waals surface area contributed by atoms with E-state index >= 15 is 0 Å². The van der Waals surface area contributed by atoms with Crippen LogP contribution in [0, 0.1) is 0 Å². The van der Waals surface area contributed by atoms with Gasteiger partial charge >= 0.3 is 0 Å². The minimum atomic E-state index is 0.170. The Hall–Kier alpha value is -2.90. The van der Waals surface area contributed by atoms with Gasteiger partial charge in [0.1, 0.15) is 12.1 Å². The van der Waals surface area contributed by atoms with Gasteiger partial charge in [0.05, 0.1) is 18.7 Å². The van der Waals surface area contributed by atoms with Crippen molar-refractivity contribution in [1.29, 1.82) is 0 Å². The maximum Gasteiger partial charge on any atom is 0.223 e. The van der Waals surface area contributed by atoms with Gasteiger partial charge in [0, 0.05) is 39.0 Å². The summed E-state index contributed by atoms with van der Waals surface area (Å²) in [5, 5.41) is 4.24. The number of piperazine rings is 1. The summed E-state index contributed by atoms with van der Waals surface area (Å²) in [6, 6.07) is 3.74. The third-order valence-corrected chi connectivity index (χ3v) is 4.29. The van der Waals surface area contributed by atoms with E-state index in [0.717, 1.165) is 30.3 Å². The number of nitrogens with zero attached hydrogens (tertiary/aromatic N) is 6. The second-order valence-corrected chi connectivity index (χ2v) is 5.74. The van der Waals surface area contributed by atoms with Crippen LogP contribution in [0.3, 0.4) is 0 Å². The molecule has 0 saturated carbocycles. The Morgan fingerprint density at radius 3 is 2.88 bits per heavy atom. The number of carbonyl (C=O) groups excluding carboxylic acids is 1. The number of carbonyl (C=O) groups is 1. The number of hydrogen-bond acceptors (Lipinski definition) is 6. The fourth-order valence-electron chi connectivity index (χ4n) is 2.98. The fourth-order valence-corrected chi connectivity index (χ4v) is 2.98. The van der Waals surface area contributed by atoms with Crippen molar-refractivity contribution in [2.24, 2.45) is 0 Å². The zero-order chi connectivity index (χ0) is 16.4. The van der Waals surface area contributed by atoms with Crippen LogP contribution in [0.15, 0.2) is 41.5 Å². The number of hydrogen-bond donors (Lipinski definition) is 0. The molecule has 8 nitrogen and oxygen atoms in total. The van der Waals surface area contributed by atoms with Gasteiger partial charge in [-0.05, 0) is 12.1 Å². The average molecular weight is 326 g/mol. The third-order valence-electron chi connectivity index (χ3n) is 4.29. The molecule has 0 spiro atoms. The van der Waals surface area contributed by atoms with Crippen molar-refractivity contribution >= 4 is 17.4 Å². The molecule has 0 radical (unpaired) electrons. The van der Waals surface area contributed by atoms with Crippen LogP contribution in [0.1, 0.15) is 12.2 Å². The number of amides is 1. The predicted octanol–water partition coefficient (Wildman–Crippen LogP) is 0.999. The summed E-state index contributed by atoms with van der Waals surface area (Å²) < 4.78 is 7.06. The molecule has 1 saturated heterocycles. The van der Waals surface area contributed by atoms with Crippen molar-refractivity contribution in [1.82, 2.24) is 24.5 Å². The molecule has 4 heterocycles. The van der Waals surface area contributed by atoms with Crippen LogP contribution >= 0.6 is 0 Å². The van der Waals surface area contributed by atoms with E-state index in [1.54, 1.807) is 23.2 Å². The summed E-state index contributed by atoms with van der Waals surface area (Å²) in [5.74, 6) is 1.93. The summed E-state index contributed by atoms with van der Waals surface area (Å²) in [5.41, 5.74) is 0.726. The molecule has 8 heteroatoms. The predicted molar refractivity (Wildman–Crippen MR) is 86.6 cm³/mol. The molecule has 0 aliphatic carbocycles. The molecule has 1 fully saturated rings. The highest BCUT2D eigenvalue weighted by molar-refractivity contribution is 5.76. The Kier molecular flexibility index (Phi) is 3.86. The van der Waals surface area contributed by atoms with Gasteiger partial charge in [-0.2, -0.15) is 9.61 Å². The second-order valence-electron chi connectivity index (χ2n) is 5.74. The topological polar surface area (TPSA) is 79.8 Å². The molecule has 1 aliphatic rings. The summed E-state index contributed by atoms with van der Waals surface area (Å²) in [6.07, 6.45) is 7.76. The van der Waals surface area contributed by atoms with Gasteiger partial charge < -0.3 is 14.2 Å². The van der Waals surface area contributed by atoms with Crippen LogP contribution in [0.4, 0.5) is 5.82 Å². The Morgan fingerprint density at radius 1 is 1.21 bits per heavy atom. The van der Waals surface area contributed by atoms with Gasteiger partial charge in [0.25, 0.3) is 0 Å². The molecule has 124 valence electrons. The van der Waals surface area contributed by atoms with Crippen LogP contribution in [0.5, 0.6) is 0 Å². The first-order chi connectivity index (χ1) is 11.8. The fraction of sp³-hybridized carbons (Fsp3) is 0.375. The number of anilines is 1. The monoisotopic (exact) mass is 326 g/mol. The van der Waals surface area contributed by atoms with E-state index in [4.69, 9.17) is 4.42 Å². The number of rotatable bonds is 4. The lowest BCUT2D eigenvalue weighted by Gasteiger charge is -2.35. The average Bonchev–Trinajstić information content (AvgIpc) is 3.31. The largest absolute Gasteiger partial charge is 0.469 e. The van der Waals surface area contributed by atoms with Crippen LogP contribution in [0.25, 0.3) is 5.65 Å². The molecule has 1 aliphatic heterocycles. The van der Waals surface area contributed by atoms with Crippen molar-refractivity contribution in [2.45, 2.75) is 12.8 Å². The summed E-state index contributed by atoms with van der Waals surface area (Å²) >= 11 is 0. The van der Waals surface area contributed by atoms with E-state index in [2.05, 4.69) is 20.0 Å². The van der Waals surface area contributed by atoms with Gasteiger partial charge in [0.15, 0.2) is 11.5 Å². The van der Waals surface area contributed by atoms with Gasteiger partial charge in [-0.15, -0.1) is 0 Å². The standard InChI is InChI=1S/C16H18N6O2/c23-16(4-3-13-2-1-9-24-13)21-7-5-20(6-8-21)15-11-17-10-14-18-12-19-22(14)15/h1-2,9-12H,3-8H2. The SMILES string of the molecule is O=C(CCc1ccco1)N1CCN(c2cncc3ncnn23)CC1. The zero-order valence-corrected chi connectivity index (χ0v) is 13.2. The van der Waals surface area contributed by atoms with Crippen molar-refractivity contribution in [2.75, 3.05) is 31.1 Å². The minimum absolute atomic E-state index is 0.170. The molecular weight excluding hydrogens is 308 g/mol. The van der Waals surface area contributed by atoms with Crippen LogP contribution in [-0.2, 0) is 11.2 Å². The second kappa shape index (κ2) is 6.31. The molecule has 0 aromatic carbocycles. The Bertz CT molecular complexity index is 820. The molecule has 3 aromatic heterocycles. The maximum atomic E-state index is 12.3. The third kappa shape index (κ3) is 2.82. The van der Waals surface area contributed by atoms with Crippen LogP contribution < -0.4 is 4.90 Å². The number of aryl methyl sites for hydroxylation is 1. The van der Waals surface area contributed by atoms with Crippen LogP contribution in [-0.4, -0.2) is 56.6 Å². The minimum Gasteiger partial charge on any atom is -0.469 e. The molecule has 3 aromatic rings. The van der Waals surface area contributed by atoms with E-state index in [1.807, 2.05) is 17.0 Å². The smallest absolute Gasteiger partial charge is 0.223 e. The zero-order valence-electron chi connectivity index (χ0n) is 13.2. The van der Waals surface area contributed by atoms with Crippen molar-refractivity contribution < 1.29 is 9.21 Å². The highest BCUT2D eigenvalue weighted by Crippen LogP contribution is 2.16. The van der Waals surface area contributed by atoms with E-state index in [0.29, 0.717) is 25.9 Å². The Morgan fingerprint density at radius 2 is 2.08 bits per heavy atom. The molecule has 0 unspecified atom stereocenters. The lowest BCUT2D eigenvalue weighted by Crippen LogP contribution is -2.49. The van der Waals surface area contributed by atoms with Crippen molar-refractivity contribution in [3.05, 3.63) is 42.9 Å². The molecular formula is C16H18N6O2. The summed E-state index contributed by atoms with van der Waals surface area (Å²) in [4.78, 5) is 24.8. The van der Waals surface area contributed by atoms with Gasteiger partial charge in [-0.25, -0.2) is 4.98 Å². The van der Waals surface area contributed by atoms with E-state index in [9.17, 15) is 4.79 Å². The number of fused-ring (bicyclic) bond motifs is 1. The molecule has 0 bridgehead atoms. The first-order valence-corrected chi connectivity index (χ1v) is 8.00. The molecule has 1 amide bonds. The Labute approximate surface area is 138 Å². The van der Waals surface area contributed by atoms with Gasteiger partial charge in [-0.1, -0.05) is 0 Å². The molecule has 0 N–H and O–H groups in total. The quantitative estimate of drug-likeness (QED) is 0.711. The first kappa shape index (κ1) is 14.7. The lowest BCUT2D eigenvalue weighted by atomic mass is 10.2. The molecule has 4 rings (SSSR count). The highest BCUT2D eigenvalue weighted by atomic mass is 16.3. The number of aromatic nitrogens is 4. The highest BCUT2D eigenvalue weighted by Gasteiger charge is 2.23. The maximum absolute atomic E-state index is 12.3. The first-order valence-electron chi connectivity index (χ1n) is 8.00. The molecule has 24 heavy (non-hydrogen) atoms.